The molecule has 2 aromatic rings. The van der Waals surface area contributed by atoms with E-state index in [4.69, 9.17) is 10.4 Å². The van der Waals surface area contributed by atoms with Crippen LogP contribution in [-0.2, 0) is 0 Å². The van der Waals surface area contributed by atoms with Crippen molar-refractivity contribution < 1.29 is 14.3 Å². The van der Waals surface area contributed by atoms with Crippen LogP contribution in [0.2, 0.25) is 0 Å². The Balaban J connectivity index is 2.33. The molecule has 23 heavy (non-hydrogen) atoms. The van der Waals surface area contributed by atoms with E-state index in [-0.39, 0.29) is 28.3 Å². The van der Waals surface area contributed by atoms with E-state index < -0.39 is 17.3 Å². The van der Waals surface area contributed by atoms with E-state index in [1.807, 2.05) is 0 Å². The molecule has 5 nitrogen and oxygen atoms in total. The number of hydrogen-bond donors (Lipinski definition) is 1. The van der Waals surface area contributed by atoms with Gasteiger partial charge in [0.05, 0.1) is 11.3 Å². The fourth-order valence-electron chi connectivity index (χ4n) is 2.66. The van der Waals surface area contributed by atoms with Crippen LogP contribution in [0, 0.1) is 24.1 Å². The monoisotopic (exact) mass is 312 g/mol. The van der Waals surface area contributed by atoms with Gasteiger partial charge in [-0.05, 0) is 49.9 Å². The molecule has 1 N–H and O–H groups in total. The van der Waals surface area contributed by atoms with Crippen molar-refractivity contribution in [2.75, 3.05) is 0 Å². The van der Waals surface area contributed by atoms with Crippen LogP contribution >= 0.6 is 0 Å². The highest BCUT2D eigenvalue weighted by molar-refractivity contribution is 5.87. The van der Waals surface area contributed by atoms with Gasteiger partial charge in [0, 0.05) is 11.3 Å². The SMILES string of the molecule is Cc1c(-n2c(C3CC3)ccc(C(=O)O)c2=O)ccc(C#N)c1F. The average Bonchev–Trinajstić information content (AvgIpc) is 3.34. The molecule has 1 fully saturated rings. The number of nitrogens with zero attached hydrogens (tertiary/aromatic N) is 2. The van der Waals surface area contributed by atoms with Gasteiger partial charge in [0.25, 0.3) is 5.56 Å². The lowest BCUT2D eigenvalue weighted by molar-refractivity contribution is 0.0694. The van der Waals surface area contributed by atoms with E-state index in [1.54, 1.807) is 12.1 Å². The van der Waals surface area contributed by atoms with Crippen LogP contribution < -0.4 is 5.56 Å². The third-order valence-corrected chi connectivity index (χ3v) is 4.06. The lowest BCUT2D eigenvalue weighted by Crippen LogP contribution is -2.28. The van der Waals surface area contributed by atoms with Crippen LogP contribution in [0.1, 0.15) is 45.9 Å². The first-order valence-corrected chi connectivity index (χ1v) is 7.14. The Morgan fingerprint density at radius 2 is 2.04 bits per heavy atom. The number of benzene rings is 1. The second kappa shape index (κ2) is 5.36. The van der Waals surface area contributed by atoms with Gasteiger partial charge in [-0.1, -0.05) is 0 Å². The smallest absolute Gasteiger partial charge is 0.341 e. The molecule has 0 unspecified atom stereocenters. The Morgan fingerprint density at radius 1 is 1.35 bits per heavy atom. The van der Waals surface area contributed by atoms with Crippen molar-refractivity contribution in [2.24, 2.45) is 0 Å². The van der Waals surface area contributed by atoms with Crippen LogP contribution in [0.25, 0.3) is 5.69 Å². The first-order chi connectivity index (χ1) is 11.0. The van der Waals surface area contributed by atoms with E-state index >= 15 is 0 Å². The number of nitriles is 1. The Morgan fingerprint density at radius 3 is 2.61 bits per heavy atom. The summed E-state index contributed by atoms with van der Waals surface area (Å²) in [7, 11) is 0. The maximum Gasteiger partial charge on any atom is 0.341 e. The molecule has 0 bridgehead atoms. The van der Waals surface area contributed by atoms with Gasteiger partial charge in [-0.3, -0.25) is 9.36 Å². The highest BCUT2D eigenvalue weighted by Gasteiger charge is 2.29. The van der Waals surface area contributed by atoms with Crippen molar-refractivity contribution in [1.29, 1.82) is 5.26 Å². The molecule has 0 atom stereocenters. The van der Waals surface area contributed by atoms with Crippen molar-refractivity contribution in [3.05, 3.63) is 62.8 Å². The van der Waals surface area contributed by atoms with Gasteiger partial charge in [-0.2, -0.15) is 5.26 Å². The molecule has 1 heterocycles. The number of carboxylic acids is 1. The maximum absolute atomic E-state index is 14.2. The largest absolute Gasteiger partial charge is 0.477 e. The van der Waals surface area contributed by atoms with E-state index in [9.17, 15) is 14.0 Å². The van der Waals surface area contributed by atoms with Crippen molar-refractivity contribution in [3.8, 4) is 11.8 Å². The molecule has 0 spiro atoms. The van der Waals surface area contributed by atoms with Gasteiger partial charge in [0.2, 0.25) is 0 Å². The fraction of sp³-hybridized carbons (Fsp3) is 0.235. The molecule has 6 heteroatoms. The predicted molar refractivity (Wildman–Crippen MR) is 80.4 cm³/mol. The van der Waals surface area contributed by atoms with Crippen LogP contribution in [-0.4, -0.2) is 15.6 Å². The maximum atomic E-state index is 14.2. The highest BCUT2D eigenvalue weighted by atomic mass is 19.1. The number of carbonyl (C=O) groups is 1. The number of pyridine rings is 1. The molecule has 0 aliphatic heterocycles. The molecule has 1 aromatic carbocycles. The molecule has 1 saturated carbocycles. The molecule has 1 aliphatic rings. The Labute approximate surface area is 131 Å². The second-order valence-electron chi connectivity index (χ2n) is 5.57. The summed E-state index contributed by atoms with van der Waals surface area (Å²) in [5.74, 6) is -1.85. The number of aromatic carboxylic acids is 1. The minimum Gasteiger partial charge on any atom is -0.477 e. The van der Waals surface area contributed by atoms with Crippen LogP contribution in [0.15, 0.2) is 29.1 Å². The molecule has 0 saturated heterocycles. The van der Waals surface area contributed by atoms with Crippen LogP contribution in [0.5, 0.6) is 0 Å². The van der Waals surface area contributed by atoms with Gasteiger partial charge in [-0.15, -0.1) is 0 Å². The number of aromatic nitrogens is 1. The fourth-order valence-corrected chi connectivity index (χ4v) is 2.66. The second-order valence-corrected chi connectivity index (χ2v) is 5.57. The molecule has 1 aliphatic carbocycles. The van der Waals surface area contributed by atoms with E-state index in [0.29, 0.717) is 5.69 Å². The van der Waals surface area contributed by atoms with Crippen molar-refractivity contribution >= 4 is 5.97 Å². The normalized spacial score (nSPS) is 13.6. The summed E-state index contributed by atoms with van der Waals surface area (Å²) in [6.45, 7) is 1.47. The Hall–Kier alpha value is -2.94. The van der Waals surface area contributed by atoms with Gasteiger partial charge in [0.1, 0.15) is 17.4 Å². The van der Waals surface area contributed by atoms with Gasteiger partial charge in [0.15, 0.2) is 0 Å². The van der Waals surface area contributed by atoms with Gasteiger partial charge in [-0.25, -0.2) is 9.18 Å². The molecule has 1 aromatic heterocycles. The zero-order valence-electron chi connectivity index (χ0n) is 12.3. The summed E-state index contributed by atoms with van der Waals surface area (Å²) >= 11 is 0. The third-order valence-electron chi connectivity index (χ3n) is 4.06. The number of carboxylic acid groups (broad SMARTS) is 1. The summed E-state index contributed by atoms with van der Waals surface area (Å²) in [4.78, 5) is 23.8. The average molecular weight is 312 g/mol. The molecule has 0 radical (unpaired) electrons. The summed E-state index contributed by atoms with van der Waals surface area (Å²) in [6, 6.07) is 7.44. The number of hydrogen-bond acceptors (Lipinski definition) is 3. The summed E-state index contributed by atoms with van der Waals surface area (Å²) in [6.07, 6.45) is 1.81. The quantitative estimate of drug-likeness (QED) is 0.944. The molecular formula is C17H13FN2O3. The van der Waals surface area contributed by atoms with Crippen molar-refractivity contribution in [1.82, 2.24) is 4.57 Å². The summed E-state index contributed by atoms with van der Waals surface area (Å²) in [5, 5.41) is 18.1. The third kappa shape index (κ3) is 2.40. The lowest BCUT2D eigenvalue weighted by atomic mass is 10.1. The Kier molecular flexibility index (Phi) is 3.49. The zero-order chi connectivity index (χ0) is 16.7. The van der Waals surface area contributed by atoms with E-state index in [1.165, 1.54) is 29.7 Å². The standard InChI is InChI=1S/C17H13FN2O3/c1-9-13(6-4-11(8-19)15(9)18)20-14(10-2-3-10)7-5-12(16(20)21)17(22)23/h4-7,10H,2-3H2,1H3,(H,22,23). The highest BCUT2D eigenvalue weighted by Crippen LogP contribution is 2.40. The van der Waals surface area contributed by atoms with Crippen molar-refractivity contribution in [3.63, 3.8) is 0 Å². The minimum atomic E-state index is -1.32. The van der Waals surface area contributed by atoms with Gasteiger partial charge >= 0.3 is 5.97 Å². The molecule has 0 amide bonds. The first kappa shape index (κ1) is 15.0. The number of rotatable bonds is 3. The van der Waals surface area contributed by atoms with Crippen molar-refractivity contribution in [2.45, 2.75) is 25.7 Å². The molecule has 3 rings (SSSR count). The van der Waals surface area contributed by atoms with Crippen LogP contribution in [0.3, 0.4) is 0 Å². The first-order valence-electron chi connectivity index (χ1n) is 7.14. The predicted octanol–water partition coefficient (Wildman–Crippen LogP) is 2.73. The zero-order valence-corrected chi connectivity index (χ0v) is 12.3. The van der Waals surface area contributed by atoms with E-state index in [0.717, 1.165) is 12.8 Å². The number of halogens is 1. The molecule has 116 valence electrons. The Bertz CT molecular complexity index is 921. The van der Waals surface area contributed by atoms with Gasteiger partial charge < -0.3 is 5.11 Å². The molecular weight excluding hydrogens is 299 g/mol. The van der Waals surface area contributed by atoms with E-state index in [2.05, 4.69) is 0 Å². The summed E-state index contributed by atoms with van der Waals surface area (Å²) < 4.78 is 15.5. The summed E-state index contributed by atoms with van der Waals surface area (Å²) in [5.41, 5.74) is -0.0615. The minimum absolute atomic E-state index is 0.110. The topological polar surface area (TPSA) is 83.1 Å². The van der Waals surface area contributed by atoms with Crippen LogP contribution in [0.4, 0.5) is 4.39 Å². The lowest BCUT2D eigenvalue weighted by Gasteiger charge is -2.16.